The Hall–Kier alpha value is -2.89. The number of fused-ring (bicyclic) bond motifs is 1. The Labute approximate surface area is 124 Å². The van der Waals surface area contributed by atoms with Gasteiger partial charge in [-0.2, -0.15) is 9.78 Å². The van der Waals surface area contributed by atoms with E-state index in [1.54, 1.807) is 19.1 Å². The van der Waals surface area contributed by atoms with Crippen LogP contribution in [0.1, 0.15) is 11.4 Å². The molecule has 110 valence electrons. The maximum absolute atomic E-state index is 13.6. The molecule has 0 spiro atoms. The molecule has 0 atom stereocenters. The first-order valence-electron chi connectivity index (χ1n) is 6.54. The Balaban J connectivity index is 2.15. The SMILES string of the molecule is Cc1nc2ccc(F)cc2c(=O)n1N=Cc1ccccc1F. The highest BCUT2D eigenvalue weighted by Gasteiger charge is 2.08. The molecule has 0 bridgehead atoms. The van der Waals surface area contributed by atoms with E-state index in [1.807, 2.05) is 0 Å². The van der Waals surface area contributed by atoms with E-state index in [0.29, 0.717) is 11.3 Å². The summed E-state index contributed by atoms with van der Waals surface area (Å²) in [5.41, 5.74) is 0.129. The number of halogens is 2. The summed E-state index contributed by atoms with van der Waals surface area (Å²) in [6.45, 7) is 1.60. The quantitative estimate of drug-likeness (QED) is 0.683. The molecule has 3 aromatic rings. The number of aromatic nitrogens is 2. The van der Waals surface area contributed by atoms with Crippen molar-refractivity contribution < 1.29 is 8.78 Å². The third kappa shape index (κ3) is 2.50. The first-order valence-corrected chi connectivity index (χ1v) is 6.54. The lowest BCUT2D eigenvalue weighted by Crippen LogP contribution is -2.20. The van der Waals surface area contributed by atoms with Gasteiger partial charge < -0.3 is 0 Å². The molecule has 0 fully saturated rings. The Bertz CT molecular complexity index is 948. The monoisotopic (exact) mass is 299 g/mol. The second-order valence-electron chi connectivity index (χ2n) is 4.70. The van der Waals surface area contributed by atoms with Gasteiger partial charge in [0.1, 0.15) is 17.5 Å². The number of aryl methyl sites for hydroxylation is 1. The largest absolute Gasteiger partial charge is 0.282 e. The summed E-state index contributed by atoms with van der Waals surface area (Å²) < 4.78 is 27.9. The zero-order valence-corrected chi connectivity index (χ0v) is 11.6. The molecular formula is C16H11F2N3O. The third-order valence-electron chi connectivity index (χ3n) is 3.19. The standard InChI is InChI=1S/C16H11F2N3O/c1-10-20-15-7-6-12(17)8-13(15)16(22)21(10)19-9-11-4-2-3-5-14(11)18/h2-9H,1H3. The minimum absolute atomic E-state index is 0.122. The highest BCUT2D eigenvalue weighted by molar-refractivity contribution is 5.80. The van der Waals surface area contributed by atoms with Crippen molar-refractivity contribution in [3.05, 3.63) is 75.8 Å². The Kier molecular flexibility index (Phi) is 3.50. The maximum atomic E-state index is 13.6. The first-order chi connectivity index (χ1) is 10.6. The normalized spacial score (nSPS) is 11.4. The maximum Gasteiger partial charge on any atom is 0.282 e. The van der Waals surface area contributed by atoms with Gasteiger partial charge >= 0.3 is 0 Å². The summed E-state index contributed by atoms with van der Waals surface area (Å²) >= 11 is 0. The van der Waals surface area contributed by atoms with E-state index in [9.17, 15) is 13.6 Å². The number of hydrogen-bond acceptors (Lipinski definition) is 3. The molecule has 0 aliphatic rings. The minimum atomic E-state index is -0.528. The fraction of sp³-hybridized carbons (Fsp3) is 0.0625. The van der Waals surface area contributed by atoms with Crippen LogP contribution in [-0.4, -0.2) is 15.9 Å². The summed E-state index contributed by atoms with van der Waals surface area (Å²) in [7, 11) is 0. The molecule has 22 heavy (non-hydrogen) atoms. The Morgan fingerprint density at radius 2 is 1.95 bits per heavy atom. The van der Waals surface area contributed by atoms with Gasteiger partial charge in [0, 0.05) is 5.56 Å². The lowest BCUT2D eigenvalue weighted by molar-refractivity contribution is 0.625. The predicted octanol–water partition coefficient (Wildman–Crippen LogP) is 2.87. The molecule has 0 amide bonds. The molecule has 0 aliphatic heterocycles. The second kappa shape index (κ2) is 5.48. The van der Waals surface area contributed by atoms with Crippen LogP contribution in [0.5, 0.6) is 0 Å². The summed E-state index contributed by atoms with van der Waals surface area (Å²) in [6.07, 6.45) is 1.23. The van der Waals surface area contributed by atoms with Crippen molar-refractivity contribution in [2.45, 2.75) is 6.92 Å². The van der Waals surface area contributed by atoms with Crippen LogP contribution in [0.15, 0.2) is 52.4 Å². The number of hydrogen-bond donors (Lipinski definition) is 0. The molecule has 6 heteroatoms. The molecular weight excluding hydrogens is 288 g/mol. The van der Waals surface area contributed by atoms with Crippen molar-refractivity contribution in [1.82, 2.24) is 9.66 Å². The Morgan fingerprint density at radius 1 is 1.18 bits per heavy atom. The van der Waals surface area contributed by atoms with E-state index < -0.39 is 17.2 Å². The lowest BCUT2D eigenvalue weighted by Gasteiger charge is -2.05. The van der Waals surface area contributed by atoms with Crippen molar-refractivity contribution in [2.75, 3.05) is 0 Å². The number of nitrogens with zero attached hydrogens (tertiary/aromatic N) is 3. The van der Waals surface area contributed by atoms with Gasteiger partial charge in [-0.15, -0.1) is 0 Å². The summed E-state index contributed by atoms with van der Waals surface area (Å²) in [6, 6.07) is 9.83. The van der Waals surface area contributed by atoms with Crippen LogP contribution in [0.4, 0.5) is 8.78 Å². The van der Waals surface area contributed by atoms with Gasteiger partial charge in [0.2, 0.25) is 0 Å². The lowest BCUT2D eigenvalue weighted by atomic mass is 10.2. The fourth-order valence-electron chi connectivity index (χ4n) is 2.10. The van der Waals surface area contributed by atoms with Crippen molar-refractivity contribution in [3.63, 3.8) is 0 Å². The smallest absolute Gasteiger partial charge is 0.267 e. The molecule has 0 saturated heterocycles. The van der Waals surface area contributed by atoms with Crippen LogP contribution in [0.2, 0.25) is 0 Å². The van der Waals surface area contributed by atoms with E-state index in [4.69, 9.17) is 0 Å². The third-order valence-corrected chi connectivity index (χ3v) is 3.19. The molecule has 1 aromatic heterocycles. The molecule has 4 nitrogen and oxygen atoms in total. The minimum Gasteiger partial charge on any atom is -0.267 e. The van der Waals surface area contributed by atoms with Crippen LogP contribution < -0.4 is 5.56 Å². The van der Waals surface area contributed by atoms with Gasteiger partial charge in [0.25, 0.3) is 5.56 Å². The zero-order valence-electron chi connectivity index (χ0n) is 11.6. The van der Waals surface area contributed by atoms with E-state index >= 15 is 0 Å². The van der Waals surface area contributed by atoms with Gasteiger partial charge in [0.05, 0.1) is 17.1 Å². The molecule has 3 rings (SSSR count). The van der Waals surface area contributed by atoms with Gasteiger partial charge in [-0.3, -0.25) is 4.79 Å². The molecule has 0 unspecified atom stereocenters. The van der Waals surface area contributed by atoms with Crippen LogP contribution >= 0.6 is 0 Å². The van der Waals surface area contributed by atoms with Gasteiger partial charge in [-0.05, 0) is 31.2 Å². The van der Waals surface area contributed by atoms with Gasteiger partial charge in [-0.1, -0.05) is 18.2 Å². The van der Waals surface area contributed by atoms with E-state index in [2.05, 4.69) is 10.1 Å². The molecule has 0 saturated carbocycles. The number of benzene rings is 2. The Morgan fingerprint density at radius 3 is 2.73 bits per heavy atom. The highest BCUT2D eigenvalue weighted by atomic mass is 19.1. The predicted molar refractivity (Wildman–Crippen MR) is 80.1 cm³/mol. The summed E-state index contributed by atoms with van der Waals surface area (Å²) in [4.78, 5) is 16.6. The summed E-state index contributed by atoms with van der Waals surface area (Å²) in [5, 5.41) is 4.09. The van der Waals surface area contributed by atoms with Gasteiger partial charge in [0.15, 0.2) is 0 Å². The van der Waals surface area contributed by atoms with Crippen molar-refractivity contribution in [3.8, 4) is 0 Å². The first kappa shape index (κ1) is 14.1. The topological polar surface area (TPSA) is 47.2 Å². The van der Waals surface area contributed by atoms with Crippen LogP contribution in [-0.2, 0) is 0 Å². The molecule has 2 aromatic carbocycles. The summed E-state index contributed by atoms with van der Waals surface area (Å²) in [5.74, 6) is -0.645. The average molecular weight is 299 g/mol. The fourth-order valence-corrected chi connectivity index (χ4v) is 2.10. The van der Waals surface area contributed by atoms with Crippen molar-refractivity contribution in [1.29, 1.82) is 0 Å². The molecule has 0 radical (unpaired) electrons. The van der Waals surface area contributed by atoms with Crippen molar-refractivity contribution in [2.24, 2.45) is 5.10 Å². The van der Waals surface area contributed by atoms with Crippen LogP contribution in [0.3, 0.4) is 0 Å². The zero-order chi connectivity index (χ0) is 15.7. The molecule has 0 N–H and O–H groups in total. The molecule has 0 aliphatic carbocycles. The van der Waals surface area contributed by atoms with Crippen LogP contribution in [0, 0.1) is 18.6 Å². The van der Waals surface area contributed by atoms with Gasteiger partial charge in [-0.25, -0.2) is 13.8 Å². The van der Waals surface area contributed by atoms with E-state index in [-0.39, 0.29) is 10.9 Å². The average Bonchev–Trinajstić information content (AvgIpc) is 2.50. The number of rotatable bonds is 2. The van der Waals surface area contributed by atoms with E-state index in [1.165, 1.54) is 30.5 Å². The van der Waals surface area contributed by atoms with E-state index in [0.717, 1.165) is 10.7 Å². The molecule has 1 heterocycles. The second-order valence-corrected chi connectivity index (χ2v) is 4.70. The highest BCUT2D eigenvalue weighted by Crippen LogP contribution is 2.10. The van der Waals surface area contributed by atoms with Crippen molar-refractivity contribution >= 4 is 17.1 Å². The van der Waals surface area contributed by atoms with Crippen LogP contribution in [0.25, 0.3) is 10.9 Å².